The number of benzene rings is 1. The lowest BCUT2D eigenvalue weighted by Crippen LogP contribution is -2.31. The van der Waals surface area contributed by atoms with E-state index in [0.29, 0.717) is 0 Å². The zero-order valence-electron chi connectivity index (χ0n) is 13.4. The van der Waals surface area contributed by atoms with Crippen molar-refractivity contribution in [2.45, 2.75) is 57.2 Å². The number of methoxy groups -OCH3 is 1. The first-order valence-corrected chi connectivity index (χ1v) is 8.94. The normalized spacial score (nSPS) is 17.7. The Labute approximate surface area is 133 Å². The Hall–Kier alpha value is -0.710. The number of hydrazine groups is 1. The summed E-state index contributed by atoms with van der Waals surface area (Å²) >= 11 is 2.06. The van der Waals surface area contributed by atoms with Gasteiger partial charge in [0, 0.05) is 16.6 Å². The first-order chi connectivity index (χ1) is 10.2. The van der Waals surface area contributed by atoms with Gasteiger partial charge in [0.25, 0.3) is 0 Å². The van der Waals surface area contributed by atoms with E-state index in [2.05, 4.69) is 43.2 Å². The van der Waals surface area contributed by atoms with Crippen molar-refractivity contribution in [1.82, 2.24) is 5.43 Å². The third kappa shape index (κ3) is 4.15. The monoisotopic (exact) mass is 308 g/mol. The summed E-state index contributed by atoms with van der Waals surface area (Å²) in [7, 11) is 1.74. The standard InChI is InChI=1S/C17H28N2OS/c1-12-9-10-15(17(20-3)13(12)2)16(19-18)11-21-14-7-5-4-6-8-14/h9-10,14,16,19H,4-8,11,18H2,1-3H3. The van der Waals surface area contributed by atoms with Crippen LogP contribution in [0.25, 0.3) is 0 Å². The number of rotatable bonds is 6. The lowest BCUT2D eigenvalue weighted by atomic mass is 10.00. The van der Waals surface area contributed by atoms with Crippen LogP contribution in [-0.4, -0.2) is 18.1 Å². The Kier molecular flexibility index (Phi) is 6.40. The summed E-state index contributed by atoms with van der Waals surface area (Å²) < 4.78 is 5.63. The number of thioether (sulfide) groups is 1. The molecule has 0 heterocycles. The smallest absolute Gasteiger partial charge is 0.126 e. The van der Waals surface area contributed by atoms with Gasteiger partial charge in [0.2, 0.25) is 0 Å². The van der Waals surface area contributed by atoms with Crippen LogP contribution < -0.4 is 16.0 Å². The van der Waals surface area contributed by atoms with Gasteiger partial charge in [-0.2, -0.15) is 11.8 Å². The molecule has 1 saturated carbocycles. The zero-order valence-corrected chi connectivity index (χ0v) is 14.3. The van der Waals surface area contributed by atoms with Gasteiger partial charge in [-0.05, 0) is 37.8 Å². The van der Waals surface area contributed by atoms with E-state index in [9.17, 15) is 0 Å². The van der Waals surface area contributed by atoms with Crippen molar-refractivity contribution in [2.75, 3.05) is 12.9 Å². The molecule has 0 saturated heterocycles. The average molecular weight is 308 g/mol. The van der Waals surface area contributed by atoms with Crippen LogP contribution in [0.4, 0.5) is 0 Å². The minimum absolute atomic E-state index is 0.145. The molecule has 1 aliphatic rings. The van der Waals surface area contributed by atoms with E-state index in [1.165, 1.54) is 48.8 Å². The van der Waals surface area contributed by atoms with E-state index >= 15 is 0 Å². The molecule has 1 aliphatic carbocycles. The number of nitrogens with one attached hydrogen (secondary N) is 1. The highest BCUT2D eigenvalue weighted by Gasteiger charge is 2.20. The first kappa shape index (κ1) is 16.7. The second-order valence-corrected chi connectivity index (χ2v) is 7.28. The fourth-order valence-corrected chi connectivity index (χ4v) is 4.46. The van der Waals surface area contributed by atoms with Crippen LogP contribution in [0.3, 0.4) is 0 Å². The molecule has 2 rings (SSSR count). The molecule has 1 unspecified atom stereocenters. The Bertz CT molecular complexity index is 458. The molecule has 1 atom stereocenters. The maximum Gasteiger partial charge on any atom is 0.126 e. The molecule has 3 nitrogen and oxygen atoms in total. The Morgan fingerprint density at radius 3 is 2.62 bits per heavy atom. The lowest BCUT2D eigenvalue weighted by molar-refractivity contribution is 0.399. The summed E-state index contributed by atoms with van der Waals surface area (Å²) in [5.41, 5.74) is 6.61. The second kappa shape index (κ2) is 8.06. The summed E-state index contributed by atoms with van der Waals surface area (Å²) in [6.45, 7) is 4.23. The molecule has 1 fully saturated rings. The van der Waals surface area contributed by atoms with Crippen molar-refractivity contribution in [3.63, 3.8) is 0 Å². The maximum atomic E-state index is 5.81. The van der Waals surface area contributed by atoms with Gasteiger partial charge in [-0.3, -0.25) is 11.3 Å². The number of nitrogens with two attached hydrogens (primary N) is 1. The summed E-state index contributed by atoms with van der Waals surface area (Å²) in [5.74, 6) is 7.79. The van der Waals surface area contributed by atoms with Crippen LogP contribution in [0, 0.1) is 13.8 Å². The minimum atomic E-state index is 0.145. The van der Waals surface area contributed by atoms with E-state index in [4.69, 9.17) is 10.6 Å². The molecule has 0 amide bonds. The second-order valence-electron chi connectivity index (χ2n) is 5.94. The Morgan fingerprint density at radius 2 is 2.00 bits per heavy atom. The number of hydrogen-bond donors (Lipinski definition) is 2. The predicted octanol–water partition coefficient (Wildman–Crippen LogP) is 3.88. The average Bonchev–Trinajstić information content (AvgIpc) is 2.52. The van der Waals surface area contributed by atoms with Crippen LogP contribution >= 0.6 is 11.8 Å². The fraction of sp³-hybridized carbons (Fsp3) is 0.647. The summed E-state index contributed by atoms with van der Waals surface area (Å²) in [4.78, 5) is 0. The molecule has 1 aromatic rings. The molecule has 0 aliphatic heterocycles. The highest BCUT2D eigenvalue weighted by molar-refractivity contribution is 7.99. The highest BCUT2D eigenvalue weighted by Crippen LogP contribution is 2.35. The van der Waals surface area contributed by atoms with Gasteiger partial charge < -0.3 is 4.74 Å². The third-order valence-corrected chi connectivity index (χ3v) is 6.01. The first-order valence-electron chi connectivity index (χ1n) is 7.89. The van der Waals surface area contributed by atoms with Crippen LogP contribution in [0.5, 0.6) is 5.75 Å². The molecule has 1 aromatic carbocycles. The molecule has 118 valence electrons. The molecule has 0 bridgehead atoms. The molecular formula is C17H28N2OS. The van der Waals surface area contributed by atoms with Crippen molar-refractivity contribution in [3.8, 4) is 5.75 Å². The van der Waals surface area contributed by atoms with Crippen molar-refractivity contribution in [1.29, 1.82) is 0 Å². The Morgan fingerprint density at radius 1 is 1.29 bits per heavy atom. The largest absolute Gasteiger partial charge is 0.496 e. The third-order valence-electron chi connectivity index (χ3n) is 4.54. The van der Waals surface area contributed by atoms with Crippen LogP contribution in [0.2, 0.25) is 0 Å². The SMILES string of the molecule is COc1c(C(CSC2CCCCC2)NN)ccc(C)c1C. The molecule has 0 aromatic heterocycles. The quantitative estimate of drug-likeness (QED) is 0.618. The van der Waals surface area contributed by atoms with Gasteiger partial charge in [0.05, 0.1) is 13.2 Å². The van der Waals surface area contributed by atoms with Crippen LogP contribution in [0.1, 0.15) is 54.8 Å². The van der Waals surface area contributed by atoms with Crippen LogP contribution in [0.15, 0.2) is 12.1 Å². The molecule has 21 heavy (non-hydrogen) atoms. The fourth-order valence-electron chi connectivity index (χ4n) is 3.05. The lowest BCUT2D eigenvalue weighted by Gasteiger charge is -2.25. The summed E-state index contributed by atoms with van der Waals surface area (Å²) in [5, 5.41) is 0.798. The van der Waals surface area contributed by atoms with E-state index < -0.39 is 0 Å². The number of hydrogen-bond acceptors (Lipinski definition) is 4. The highest BCUT2D eigenvalue weighted by atomic mass is 32.2. The van der Waals surface area contributed by atoms with E-state index in [-0.39, 0.29) is 6.04 Å². The number of aryl methyl sites for hydroxylation is 1. The summed E-state index contributed by atoms with van der Waals surface area (Å²) in [6, 6.07) is 4.45. The van der Waals surface area contributed by atoms with Gasteiger partial charge in [0.1, 0.15) is 5.75 Å². The predicted molar refractivity (Wildman–Crippen MR) is 91.9 cm³/mol. The summed E-state index contributed by atoms with van der Waals surface area (Å²) in [6.07, 6.45) is 6.87. The van der Waals surface area contributed by atoms with E-state index in [0.717, 1.165) is 16.8 Å². The molecule has 3 N–H and O–H groups in total. The maximum absolute atomic E-state index is 5.81. The van der Waals surface area contributed by atoms with E-state index in [1.807, 2.05) is 0 Å². The zero-order chi connectivity index (χ0) is 15.2. The molecule has 4 heteroatoms. The van der Waals surface area contributed by atoms with E-state index in [1.54, 1.807) is 7.11 Å². The van der Waals surface area contributed by atoms with Gasteiger partial charge in [-0.15, -0.1) is 0 Å². The molecule has 0 spiro atoms. The van der Waals surface area contributed by atoms with Gasteiger partial charge in [0.15, 0.2) is 0 Å². The van der Waals surface area contributed by atoms with Gasteiger partial charge >= 0.3 is 0 Å². The van der Waals surface area contributed by atoms with Crippen molar-refractivity contribution >= 4 is 11.8 Å². The van der Waals surface area contributed by atoms with Gasteiger partial charge in [-0.25, -0.2) is 0 Å². The van der Waals surface area contributed by atoms with Crippen molar-refractivity contribution < 1.29 is 4.74 Å². The molecule has 0 radical (unpaired) electrons. The van der Waals surface area contributed by atoms with Gasteiger partial charge in [-0.1, -0.05) is 31.4 Å². The number of ether oxygens (including phenoxy) is 1. The minimum Gasteiger partial charge on any atom is -0.496 e. The van der Waals surface area contributed by atoms with Crippen molar-refractivity contribution in [2.24, 2.45) is 5.84 Å². The Balaban J connectivity index is 2.08. The topological polar surface area (TPSA) is 47.3 Å². The molecular weight excluding hydrogens is 280 g/mol. The van der Waals surface area contributed by atoms with Crippen molar-refractivity contribution in [3.05, 3.63) is 28.8 Å². The van der Waals surface area contributed by atoms with Crippen LogP contribution in [-0.2, 0) is 0 Å².